The minimum atomic E-state index is -1.23. The van der Waals surface area contributed by atoms with E-state index < -0.39 is 32.3 Å². The third kappa shape index (κ3) is 17.4. The smallest absolute Gasteiger partial charge is 0.358 e. The second-order valence-electron chi connectivity index (χ2n) is 20.2. The van der Waals surface area contributed by atoms with E-state index >= 15 is 0 Å². The van der Waals surface area contributed by atoms with Gasteiger partial charge in [0.2, 0.25) is 0 Å². The van der Waals surface area contributed by atoms with Gasteiger partial charge in [0.1, 0.15) is 0 Å². The Morgan fingerprint density at radius 1 is 0.269 bits per heavy atom. The summed E-state index contributed by atoms with van der Waals surface area (Å²) in [6.45, 7) is 47.8. The monoisotopic (exact) mass is 924 g/mol. The van der Waals surface area contributed by atoms with E-state index in [1.165, 1.54) is 0 Å². The molecule has 0 atom stereocenters. The van der Waals surface area contributed by atoms with Gasteiger partial charge in [-0.3, -0.25) is 0 Å². The van der Waals surface area contributed by atoms with Gasteiger partial charge in [-0.25, -0.2) is 0 Å². The average molecular weight is 925 g/mol. The third-order valence-corrected chi connectivity index (χ3v) is 35.1. The van der Waals surface area contributed by atoms with Gasteiger partial charge in [-0.15, -0.1) is 0 Å². The van der Waals surface area contributed by atoms with Gasteiger partial charge >= 0.3 is 65.4 Å². The van der Waals surface area contributed by atoms with Crippen LogP contribution in [0.1, 0.15) is 83.1 Å². The van der Waals surface area contributed by atoms with Gasteiger partial charge < -0.3 is 14.9 Å². The largest absolute Gasteiger partial charge is 3.00 e. The van der Waals surface area contributed by atoms with Crippen LogP contribution >= 0.6 is 0 Å². The van der Waals surface area contributed by atoms with Crippen molar-refractivity contribution in [2.45, 2.75) is 156 Å². The van der Waals surface area contributed by atoms with Gasteiger partial charge in [-0.2, -0.15) is 0 Å². The molecule has 6 heteroatoms. The summed E-state index contributed by atoms with van der Waals surface area (Å²) < 4.78 is 0. The molecule has 0 unspecified atom stereocenters. The fourth-order valence-corrected chi connectivity index (χ4v) is 12.5. The standard InChI is InChI=1S/4C11H19Si.2CH3.2Y/c4*1-11(2,3)12(4,5)10-8-6-7-9-10;;;;/h4*6-9H,1-5H3;2*1H3;;/q;;;;2*-1;2*+3. The molecule has 0 aromatic rings. The molecule has 20 radical (unpaired) electrons. The van der Waals surface area contributed by atoms with Crippen molar-refractivity contribution in [3.05, 3.63) is 140 Å². The first-order chi connectivity index (χ1) is 21.4. The van der Waals surface area contributed by atoms with Crippen LogP contribution in [0.25, 0.3) is 0 Å². The molecule has 4 aliphatic carbocycles. The topological polar surface area (TPSA) is 0 Å². The molecule has 0 bridgehead atoms. The Labute approximate surface area is 388 Å². The van der Waals surface area contributed by atoms with Crippen LogP contribution in [0.15, 0.2) is 0 Å². The van der Waals surface area contributed by atoms with Crippen molar-refractivity contribution in [2.75, 3.05) is 0 Å². The zero-order valence-electron chi connectivity index (χ0n) is 38.4. The summed E-state index contributed by atoms with van der Waals surface area (Å²) in [6.07, 6.45) is 35.4. The average Bonchev–Trinajstić information content (AvgIpc) is 3.76. The van der Waals surface area contributed by atoms with Crippen LogP contribution in [-0.4, -0.2) is 32.3 Å². The van der Waals surface area contributed by atoms with E-state index in [2.05, 4.69) is 238 Å². The van der Waals surface area contributed by atoms with Crippen LogP contribution in [0.3, 0.4) is 0 Å². The second-order valence-corrected chi connectivity index (χ2v) is 41.5. The Morgan fingerprint density at radius 3 is 0.442 bits per heavy atom. The molecule has 284 valence electrons. The molecular formula is C46H82Si4Y2+4. The molecule has 0 heterocycles. The first kappa shape index (κ1) is 61.7. The number of rotatable bonds is 4. The van der Waals surface area contributed by atoms with Gasteiger partial charge in [0.05, 0.1) is 32.3 Å². The summed E-state index contributed by atoms with van der Waals surface area (Å²) in [5.41, 5.74) is 6.31. The van der Waals surface area contributed by atoms with Crippen LogP contribution < -0.4 is 0 Å². The fourth-order valence-electron chi connectivity index (χ4n) is 4.89. The zero-order chi connectivity index (χ0) is 37.6. The van der Waals surface area contributed by atoms with Crippen LogP contribution in [0.5, 0.6) is 0 Å². The van der Waals surface area contributed by atoms with Crippen molar-refractivity contribution < 1.29 is 65.4 Å². The normalized spacial score (nSPS) is 20.1. The summed E-state index contributed by atoms with van der Waals surface area (Å²) in [5, 5.41) is 1.84. The summed E-state index contributed by atoms with van der Waals surface area (Å²) in [6, 6.07) is 0. The third-order valence-electron chi connectivity index (χ3n) is 13.0. The van der Waals surface area contributed by atoms with Gasteiger partial charge in [0, 0.05) is 0 Å². The maximum atomic E-state index is 2.45. The van der Waals surface area contributed by atoms with E-state index in [1.54, 1.807) is 22.2 Å². The molecule has 0 aromatic heterocycles. The maximum absolute atomic E-state index is 2.45. The fraction of sp³-hybridized carbons (Fsp3) is 0.522. The van der Waals surface area contributed by atoms with Gasteiger partial charge in [0.15, 0.2) is 0 Å². The van der Waals surface area contributed by atoms with Gasteiger partial charge in [-0.1, -0.05) is 135 Å². The van der Waals surface area contributed by atoms with E-state index in [-0.39, 0.29) is 80.3 Å². The van der Waals surface area contributed by atoms with E-state index in [0.29, 0.717) is 20.2 Å². The van der Waals surface area contributed by atoms with Crippen LogP contribution in [0.2, 0.25) is 72.5 Å². The molecule has 0 aromatic carbocycles. The molecule has 4 rings (SSSR count). The van der Waals surface area contributed by atoms with Gasteiger partial charge in [-0.05, 0) is 145 Å². The van der Waals surface area contributed by atoms with Crippen molar-refractivity contribution in [3.63, 3.8) is 0 Å². The Hall–Kier alpha value is 3.08. The predicted octanol–water partition coefficient (Wildman–Crippen LogP) is 14.7. The number of hydrogen-bond donors (Lipinski definition) is 0. The first-order valence-electron chi connectivity index (χ1n) is 18.3. The Kier molecular flexibility index (Phi) is 28.9. The van der Waals surface area contributed by atoms with Crippen molar-refractivity contribution in [3.8, 4) is 0 Å². The summed E-state index contributed by atoms with van der Waals surface area (Å²) in [5.74, 6) is 0. The van der Waals surface area contributed by atoms with Crippen molar-refractivity contribution in [2.24, 2.45) is 0 Å². The molecular weight excluding hydrogens is 843 g/mol. The molecule has 0 N–H and O–H groups in total. The Balaban J connectivity index is -0.000000288. The SMILES string of the molecule is CC(C)(C)[Si](C)(C)[C]1[CH][CH][CH][CH]1.CC(C)(C)[Si](C)(C)[C]1[CH][CH][CH][CH]1.CC(C)(C)[Si](C)(C)[C]1[CH][CH][CH][CH]1.CC(C)(C)[Si](C)(C)[C]1[CH][CH][CH][CH]1.[CH3-].[CH3-].[Y+3].[Y+3]. The predicted molar refractivity (Wildman–Crippen MR) is 243 cm³/mol. The molecule has 0 nitrogen and oxygen atoms in total. The van der Waals surface area contributed by atoms with E-state index in [4.69, 9.17) is 0 Å². The molecule has 0 amide bonds. The first-order valence-corrected chi connectivity index (χ1v) is 30.3. The summed E-state index contributed by atoms with van der Waals surface area (Å²) in [4.78, 5) is 0. The van der Waals surface area contributed by atoms with Crippen LogP contribution in [-0.2, 0) is 65.4 Å². The molecule has 4 saturated carbocycles. The molecule has 4 aliphatic rings. The molecule has 0 saturated heterocycles. The van der Waals surface area contributed by atoms with Crippen LogP contribution in [0.4, 0.5) is 0 Å². The minimum Gasteiger partial charge on any atom is -0.358 e. The maximum Gasteiger partial charge on any atom is 3.00 e. The summed E-state index contributed by atoms with van der Waals surface area (Å²) >= 11 is 0. The van der Waals surface area contributed by atoms with Crippen molar-refractivity contribution in [1.29, 1.82) is 0 Å². The second kappa shape index (κ2) is 24.4. The van der Waals surface area contributed by atoms with Crippen molar-refractivity contribution >= 4 is 32.3 Å². The van der Waals surface area contributed by atoms with E-state index in [0.717, 1.165) is 0 Å². The van der Waals surface area contributed by atoms with E-state index in [1.807, 2.05) is 0 Å². The minimum absolute atomic E-state index is 0. The molecule has 0 spiro atoms. The Bertz CT molecular complexity index is 752. The van der Waals surface area contributed by atoms with E-state index in [9.17, 15) is 0 Å². The van der Waals surface area contributed by atoms with Crippen molar-refractivity contribution in [1.82, 2.24) is 0 Å². The molecule has 0 aliphatic heterocycles. The molecule has 52 heavy (non-hydrogen) atoms. The number of hydrogen-bond acceptors (Lipinski definition) is 0. The van der Waals surface area contributed by atoms with Gasteiger partial charge in [0.25, 0.3) is 0 Å². The van der Waals surface area contributed by atoms with Crippen LogP contribution in [0, 0.1) is 140 Å². The molecule has 4 fully saturated rings. The summed E-state index contributed by atoms with van der Waals surface area (Å²) in [7, 11) is -4.92. The quantitative estimate of drug-likeness (QED) is 0.195. The Morgan fingerprint density at radius 2 is 0.365 bits per heavy atom. The zero-order valence-corrected chi connectivity index (χ0v) is 48.1.